The zero-order valence-electron chi connectivity index (χ0n) is 14.7. The normalized spacial score (nSPS) is 17.4. The molecular formula is C19H22N4O2. The van der Waals surface area contributed by atoms with Crippen LogP contribution in [0.4, 0.5) is 10.5 Å². The number of nitrogens with zero attached hydrogens (tertiary/aromatic N) is 3. The van der Waals surface area contributed by atoms with Crippen molar-refractivity contribution in [2.45, 2.75) is 32.7 Å². The van der Waals surface area contributed by atoms with Gasteiger partial charge in [0.1, 0.15) is 11.3 Å². The summed E-state index contributed by atoms with van der Waals surface area (Å²) in [6.45, 7) is 4.75. The average Bonchev–Trinajstić information content (AvgIpc) is 3.28. The lowest BCUT2D eigenvalue weighted by atomic mass is 10.1. The molecule has 0 aliphatic carbocycles. The Morgan fingerprint density at radius 1 is 1.32 bits per heavy atom. The highest BCUT2D eigenvalue weighted by molar-refractivity contribution is 5.93. The number of furan rings is 1. The second-order valence-electron chi connectivity index (χ2n) is 6.66. The number of carbonyl (C=O) groups excluding carboxylic acids is 1. The first-order valence-electron chi connectivity index (χ1n) is 8.60. The number of aromatic nitrogens is 2. The lowest BCUT2D eigenvalue weighted by Gasteiger charge is -2.25. The molecule has 0 radical (unpaired) electrons. The van der Waals surface area contributed by atoms with Gasteiger partial charge in [-0.05, 0) is 56.5 Å². The van der Waals surface area contributed by atoms with Crippen molar-refractivity contribution in [1.29, 1.82) is 0 Å². The highest BCUT2D eigenvalue weighted by Gasteiger charge is 2.31. The molecule has 1 aromatic carbocycles. The molecule has 130 valence electrons. The number of rotatable bonds is 2. The topological polar surface area (TPSA) is 63.3 Å². The van der Waals surface area contributed by atoms with Gasteiger partial charge < -0.3 is 14.6 Å². The van der Waals surface area contributed by atoms with Crippen LogP contribution in [0.2, 0.25) is 0 Å². The second kappa shape index (κ2) is 5.95. The van der Waals surface area contributed by atoms with Crippen LogP contribution in [-0.2, 0) is 7.05 Å². The predicted molar refractivity (Wildman–Crippen MR) is 96.6 cm³/mol. The maximum absolute atomic E-state index is 12.8. The first kappa shape index (κ1) is 15.7. The van der Waals surface area contributed by atoms with E-state index in [0.29, 0.717) is 0 Å². The smallest absolute Gasteiger partial charge is 0.322 e. The molecule has 2 amide bonds. The Morgan fingerprint density at radius 2 is 2.16 bits per heavy atom. The fourth-order valence-electron chi connectivity index (χ4n) is 3.64. The fraction of sp³-hybridized carbons (Fsp3) is 0.368. The van der Waals surface area contributed by atoms with Crippen molar-refractivity contribution in [3.8, 4) is 0 Å². The number of carbonyl (C=O) groups is 1. The van der Waals surface area contributed by atoms with Crippen molar-refractivity contribution in [2.24, 2.45) is 7.05 Å². The molecule has 1 aliphatic rings. The molecule has 6 heteroatoms. The Kier molecular flexibility index (Phi) is 3.75. The number of urea groups is 1. The third kappa shape index (κ3) is 2.67. The number of hydrogen-bond acceptors (Lipinski definition) is 3. The molecule has 0 saturated carbocycles. The molecule has 6 nitrogen and oxygen atoms in total. The molecule has 3 heterocycles. The molecule has 1 atom stereocenters. The van der Waals surface area contributed by atoms with E-state index in [0.717, 1.165) is 53.1 Å². The third-order valence-corrected chi connectivity index (χ3v) is 5.14. The lowest BCUT2D eigenvalue weighted by Crippen LogP contribution is -2.35. The van der Waals surface area contributed by atoms with Crippen LogP contribution in [0, 0.1) is 13.8 Å². The first-order valence-corrected chi connectivity index (χ1v) is 8.60. The average molecular weight is 338 g/mol. The van der Waals surface area contributed by atoms with Crippen LogP contribution in [-0.4, -0.2) is 27.3 Å². The van der Waals surface area contributed by atoms with Crippen molar-refractivity contribution in [2.75, 3.05) is 11.9 Å². The van der Waals surface area contributed by atoms with Gasteiger partial charge in [-0.15, -0.1) is 0 Å². The van der Waals surface area contributed by atoms with Gasteiger partial charge in [0, 0.05) is 30.9 Å². The monoisotopic (exact) mass is 338 g/mol. The van der Waals surface area contributed by atoms with E-state index in [2.05, 4.69) is 10.4 Å². The maximum atomic E-state index is 12.8. The summed E-state index contributed by atoms with van der Waals surface area (Å²) in [6.07, 6.45) is 3.75. The Hall–Kier alpha value is -2.76. The van der Waals surface area contributed by atoms with Crippen LogP contribution in [0.25, 0.3) is 11.0 Å². The number of amides is 2. The van der Waals surface area contributed by atoms with Crippen molar-refractivity contribution in [3.05, 3.63) is 47.5 Å². The van der Waals surface area contributed by atoms with E-state index in [9.17, 15) is 4.79 Å². The van der Waals surface area contributed by atoms with Crippen molar-refractivity contribution in [1.82, 2.24) is 14.7 Å². The van der Waals surface area contributed by atoms with Crippen molar-refractivity contribution in [3.63, 3.8) is 0 Å². The lowest BCUT2D eigenvalue weighted by molar-refractivity contribution is 0.205. The molecule has 3 aromatic rings. The summed E-state index contributed by atoms with van der Waals surface area (Å²) in [6, 6.07) is 7.77. The summed E-state index contributed by atoms with van der Waals surface area (Å²) >= 11 is 0. The Balaban J connectivity index is 1.57. The molecular weight excluding hydrogens is 316 g/mol. The minimum Gasteiger partial charge on any atom is -0.461 e. The number of fused-ring (bicyclic) bond motifs is 1. The van der Waals surface area contributed by atoms with Crippen LogP contribution in [0.1, 0.15) is 35.9 Å². The molecule has 0 spiro atoms. The molecule has 1 N–H and O–H groups in total. The SMILES string of the molecule is Cc1oc2ccc(NC(=O)N3CCCC3c3ccnn3C)cc2c1C. The third-order valence-electron chi connectivity index (χ3n) is 5.14. The molecule has 1 fully saturated rings. The minimum atomic E-state index is -0.0686. The molecule has 1 unspecified atom stereocenters. The van der Waals surface area contributed by atoms with E-state index >= 15 is 0 Å². The summed E-state index contributed by atoms with van der Waals surface area (Å²) in [7, 11) is 1.92. The van der Waals surface area contributed by atoms with Crippen LogP contribution in [0.15, 0.2) is 34.9 Å². The number of anilines is 1. The van der Waals surface area contributed by atoms with Crippen LogP contribution < -0.4 is 5.32 Å². The summed E-state index contributed by atoms with van der Waals surface area (Å²) < 4.78 is 7.55. The zero-order chi connectivity index (χ0) is 17.6. The summed E-state index contributed by atoms with van der Waals surface area (Å²) in [5, 5.41) is 8.31. The number of likely N-dealkylation sites (tertiary alicyclic amines) is 1. The maximum Gasteiger partial charge on any atom is 0.322 e. The van der Waals surface area contributed by atoms with Gasteiger partial charge in [-0.25, -0.2) is 4.79 Å². The quantitative estimate of drug-likeness (QED) is 0.763. The van der Waals surface area contributed by atoms with Crippen LogP contribution >= 0.6 is 0 Å². The summed E-state index contributed by atoms with van der Waals surface area (Å²) in [5.74, 6) is 0.911. The number of aryl methyl sites for hydroxylation is 3. The van der Waals surface area contributed by atoms with Crippen molar-refractivity contribution < 1.29 is 9.21 Å². The molecule has 2 aromatic heterocycles. The van der Waals surface area contributed by atoms with Gasteiger partial charge >= 0.3 is 6.03 Å². The minimum absolute atomic E-state index is 0.0686. The molecule has 0 bridgehead atoms. The summed E-state index contributed by atoms with van der Waals surface area (Å²) in [5.41, 5.74) is 3.82. The molecule has 1 saturated heterocycles. The van der Waals surface area contributed by atoms with Gasteiger partial charge in [0.2, 0.25) is 0 Å². The first-order chi connectivity index (χ1) is 12.0. The van der Waals surface area contributed by atoms with Gasteiger partial charge in [0.05, 0.1) is 11.7 Å². The second-order valence-corrected chi connectivity index (χ2v) is 6.66. The largest absolute Gasteiger partial charge is 0.461 e. The van der Waals surface area contributed by atoms with Crippen molar-refractivity contribution >= 4 is 22.7 Å². The number of hydrogen-bond donors (Lipinski definition) is 1. The zero-order valence-corrected chi connectivity index (χ0v) is 14.7. The van der Waals surface area contributed by atoms with Crippen LogP contribution in [0.5, 0.6) is 0 Å². The summed E-state index contributed by atoms with van der Waals surface area (Å²) in [4.78, 5) is 14.7. The molecule has 25 heavy (non-hydrogen) atoms. The van der Waals surface area contributed by atoms with Gasteiger partial charge in [-0.2, -0.15) is 5.10 Å². The number of nitrogens with one attached hydrogen (secondary N) is 1. The Bertz CT molecular complexity index is 940. The standard InChI is InChI=1S/C19H22N4O2/c1-12-13(2)25-18-7-6-14(11-15(12)18)21-19(24)23-10-4-5-17(23)16-8-9-20-22(16)3/h6-9,11,17H,4-5,10H2,1-3H3,(H,21,24). The molecule has 4 rings (SSSR count). The van der Waals surface area contributed by atoms with E-state index in [-0.39, 0.29) is 12.1 Å². The Morgan fingerprint density at radius 3 is 2.92 bits per heavy atom. The van der Waals surface area contributed by atoms with E-state index in [1.165, 1.54) is 0 Å². The van der Waals surface area contributed by atoms with E-state index in [1.54, 1.807) is 6.20 Å². The predicted octanol–water partition coefficient (Wildman–Crippen LogP) is 4.15. The van der Waals surface area contributed by atoms with E-state index in [1.807, 2.05) is 54.7 Å². The fourth-order valence-corrected chi connectivity index (χ4v) is 3.64. The van der Waals surface area contributed by atoms with E-state index in [4.69, 9.17) is 4.42 Å². The highest BCUT2D eigenvalue weighted by Crippen LogP contribution is 2.32. The molecule has 1 aliphatic heterocycles. The Labute approximate surface area is 146 Å². The highest BCUT2D eigenvalue weighted by atomic mass is 16.3. The van der Waals surface area contributed by atoms with Crippen LogP contribution in [0.3, 0.4) is 0 Å². The van der Waals surface area contributed by atoms with Gasteiger partial charge in [0.15, 0.2) is 0 Å². The van der Waals surface area contributed by atoms with Gasteiger partial charge in [-0.1, -0.05) is 0 Å². The van der Waals surface area contributed by atoms with Gasteiger partial charge in [0.25, 0.3) is 0 Å². The van der Waals surface area contributed by atoms with Gasteiger partial charge in [-0.3, -0.25) is 4.68 Å². The number of benzene rings is 1. The van der Waals surface area contributed by atoms with E-state index < -0.39 is 0 Å².